The number of carbonyl (C=O) groups excluding carboxylic acids is 4. The van der Waals surface area contributed by atoms with E-state index in [1.54, 1.807) is 35.3 Å². The van der Waals surface area contributed by atoms with Crippen molar-refractivity contribution >= 4 is 63.1 Å². The Bertz CT molecular complexity index is 1550. The van der Waals surface area contributed by atoms with Crippen LogP contribution in [0, 0.1) is 17.3 Å². The van der Waals surface area contributed by atoms with Crippen molar-refractivity contribution in [3.63, 3.8) is 0 Å². The van der Waals surface area contributed by atoms with Gasteiger partial charge in [-0.3, -0.25) is 28.8 Å². The molecule has 0 bridgehead atoms. The summed E-state index contributed by atoms with van der Waals surface area (Å²) in [6.07, 6.45) is 4.42. The van der Waals surface area contributed by atoms with E-state index in [2.05, 4.69) is 80.5 Å². The Morgan fingerprint density at radius 2 is 1.22 bits per heavy atom. The van der Waals surface area contributed by atoms with E-state index >= 15 is 0 Å². The highest BCUT2D eigenvalue weighted by Crippen LogP contribution is 2.42. The fourth-order valence-electron chi connectivity index (χ4n) is 6.04. The number of thioether (sulfide) groups is 2. The summed E-state index contributed by atoms with van der Waals surface area (Å²) in [5, 5.41) is 8.86. The number of methoxy groups -OCH3 is 1. The van der Waals surface area contributed by atoms with Crippen LogP contribution in [0.3, 0.4) is 0 Å². The number of hydrogen-bond donors (Lipinski definition) is 0. The molecule has 362 valence electrons. The van der Waals surface area contributed by atoms with Gasteiger partial charge in [-0.1, -0.05) is 86.7 Å². The standard InChI is InChI=1S/C45H84B2N4O10S2/c1-33(30-62-43(10,11)32-41(6,7)46)38(54)59-26-24-57-36(52)16-20-50(28-35-29-51(49-48-35)22-18-45(14,47)61-23-19-42(8,9)56-15)21-17-37(53)58-25-27-60-39(55)34(2)31-63-44(12,13)40(3,4)5/h29,33-34H,16-28,30-32,46-47H2,1-15H3. The largest absolute Gasteiger partial charge is 0.462 e. The van der Waals surface area contributed by atoms with Crippen molar-refractivity contribution < 1.29 is 47.6 Å². The minimum absolute atomic E-state index is 0.0192. The van der Waals surface area contributed by atoms with E-state index in [-0.39, 0.29) is 107 Å². The first-order valence-electron chi connectivity index (χ1n) is 22.6. The summed E-state index contributed by atoms with van der Waals surface area (Å²) in [6.45, 7) is 31.4. The van der Waals surface area contributed by atoms with E-state index in [4.69, 9.17) is 28.4 Å². The fourth-order valence-corrected chi connectivity index (χ4v) is 8.65. The molecule has 0 aliphatic carbocycles. The third-order valence-electron chi connectivity index (χ3n) is 11.1. The third-order valence-corrected chi connectivity index (χ3v) is 14.7. The number of aromatic nitrogens is 3. The van der Waals surface area contributed by atoms with Crippen LogP contribution in [0.4, 0.5) is 0 Å². The number of aryl methyl sites for hydroxylation is 1. The highest BCUT2D eigenvalue weighted by atomic mass is 32.2. The van der Waals surface area contributed by atoms with E-state index in [1.165, 1.54) is 0 Å². The zero-order chi connectivity index (χ0) is 48.3. The van der Waals surface area contributed by atoms with Crippen molar-refractivity contribution in [2.24, 2.45) is 17.3 Å². The average Bonchev–Trinajstić information content (AvgIpc) is 3.62. The molecule has 63 heavy (non-hydrogen) atoms. The van der Waals surface area contributed by atoms with E-state index in [1.807, 2.05) is 53.6 Å². The molecule has 0 aliphatic heterocycles. The lowest BCUT2D eigenvalue weighted by molar-refractivity contribution is -0.154. The minimum Gasteiger partial charge on any atom is -0.462 e. The van der Waals surface area contributed by atoms with Gasteiger partial charge in [0.2, 0.25) is 0 Å². The Balaban J connectivity index is 2.74. The predicted molar refractivity (Wildman–Crippen MR) is 260 cm³/mol. The molecule has 3 unspecified atom stereocenters. The van der Waals surface area contributed by atoms with E-state index < -0.39 is 11.9 Å². The maximum Gasteiger partial charge on any atom is 0.309 e. The Kier molecular flexibility index (Phi) is 25.0. The molecule has 18 heteroatoms. The van der Waals surface area contributed by atoms with E-state index in [0.717, 1.165) is 12.8 Å². The molecule has 0 spiro atoms. The Morgan fingerprint density at radius 3 is 1.70 bits per heavy atom. The highest BCUT2D eigenvalue weighted by Gasteiger charge is 2.34. The number of nitrogens with zero attached hydrogens (tertiary/aromatic N) is 4. The van der Waals surface area contributed by atoms with Crippen molar-refractivity contribution in [1.29, 1.82) is 0 Å². The van der Waals surface area contributed by atoms with Gasteiger partial charge < -0.3 is 28.4 Å². The van der Waals surface area contributed by atoms with Crippen LogP contribution in [-0.2, 0) is 60.7 Å². The summed E-state index contributed by atoms with van der Waals surface area (Å²) in [5.74, 6) is -0.876. The molecule has 0 aromatic carbocycles. The van der Waals surface area contributed by atoms with Gasteiger partial charge in [0.1, 0.15) is 42.1 Å². The molecule has 1 rings (SSSR count). The van der Waals surface area contributed by atoms with Gasteiger partial charge in [0.25, 0.3) is 0 Å². The molecule has 0 amide bonds. The van der Waals surface area contributed by atoms with Crippen LogP contribution in [0.2, 0.25) is 5.31 Å². The first-order chi connectivity index (χ1) is 28.9. The molecule has 1 aromatic heterocycles. The van der Waals surface area contributed by atoms with Crippen LogP contribution in [0.25, 0.3) is 0 Å². The van der Waals surface area contributed by atoms with Crippen LogP contribution in [0.15, 0.2) is 6.20 Å². The monoisotopic (exact) mass is 927 g/mol. The third kappa shape index (κ3) is 26.5. The molecule has 1 heterocycles. The van der Waals surface area contributed by atoms with Crippen LogP contribution in [-0.4, -0.2) is 145 Å². The normalized spacial score (nSPS) is 14.8. The topological polar surface area (TPSA) is 158 Å². The van der Waals surface area contributed by atoms with Crippen molar-refractivity contribution in [1.82, 2.24) is 19.9 Å². The average molecular weight is 927 g/mol. The summed E-state index contributed by atoms with van der Waals surface area (Å²) in [5.41, 5.74) is 0.0919. The molecule has 0 aliphatic rings. The molecule has 1 aromatic rings. The molecular weight excluding hydrogens is 842 g/mol. The van der Waals surface area contributed by atoms with Crippen molar-refractivity contribution in [3.05, 3.63) is 11.9 Å². The van der Waals surface area contributed by atoms with Crippen LogP contribution < -0.4 is 0 Å². The van der Waals surface area contributed by atoms with Crippen molar-refractivity contribution in [2.75, 3.05) is 64.7 Å². The Labute approximate surface area is 391 Å². The number of rotatable bonds is 32. The molecule has 3 atom stereocenters. The Morgan fingerprint density at radius 1 is 0.730 bits per heavy atom. The van der Waals surface area contributed by atoms with Gasteiger partial charge in [-0.25, -0.2) is 0 Å². The quantitative estimate of drug-likeness (QED) is 0.0350. The van der Waals surface area contributed by atoms with E-state index in [9.17, 15) is 19.2 Å². The number of esters is 4. The van der Waals surface area contributed by atoms with Gasteiger partial charge in [0.05, 0.1) is 36.0 Å². The molecule has 0 saturated carbocycles. The second kappa shape index (κ2) is 26.8. The van der Waals surface area contributed by atoms with Gasteiger partial charge >= 0.3 is 23.9 Å². The second-order valence-corrected chi connectivity index (χ2v) is 24.6. The molecule has 0 fully saturated rings. The van der Waals surface area contributed by atoms with Crippen LogP contribution in [0.1, 0.15) is 135 Å². The maximum absolute atomic E-state index is 12.8. The summed E-state index contributed by atoms with van der Waals surface area (Å²) in [6, 6.07) is 0. The number of ether oxygens (including phenoxy) is 6. The van der Waals surface area contributed by atoms with Crippen LogP contribution >= 0.6 is 23.5 Å². The van der Waals surface area contributed by atoms with Crippen molar-refractivity contribution in [3.8, 4) is 0 Å². The van der Waals surface area contributed by atoms with Gasteiger partial charge in [-0.15, -0.1) is 5.10 Å². The minimum atomic E-state index is -0.457. The summed E-state index contributed by atoms with van der Waals surface area (Å²) < 4.78 is 35.1. The van der Waals surface area contributed by atoms with Gasteiger partial charge in [-0.2, -0.15) is 23.5 Å². The SMILES string of the molecule is BC(C)(C)CC(C)(C)SCC(C)C(=O)OCCOC(=O)CCN(CCC(=O)OCCOC(=O)C(C)CSC(C)(C)C(C)(C)C)Cc1cn(CCC(B)(C)OCCC(C)(C)OC)nn1. The van der Waals surface area contributed by atoms with Gasteiger partial charge in [0.15, 0.2) is 0 Å². The van der Waals surface area contributed by atoms with Gasteiger partial charge in [-0.05, 0) is 45.4 Å². The molecule has 14 nitrogen and oxygen atoms in total. The molecule has 0 saturated heterocycles. The lowest BCUT2D eigenvalue weighted by Crippen LogP contribution is -2.34. The maximum atomic E-state index is 12.8. The second-order valence-electron chi connectivity index (χ2n) is 21.3. The number of hydrogen-bond acceptors (Lipinski definition) is 15. The molecule has 0 radical (unpaired) electrons. The predicted octanol–water partition coefficient (Wildman–Crippen LogP) is 6.17. The van der Waals surface area contributed by atoms with E-state index in [0.29, 0.717) is 43.3 Å². The van der Waals surface area contributed by atoms with Gasteiger partial charge in [0, 0.05) is 72.6 Å². The molecule has 0 N–H and O–H groups in total. The first kappa shape index (κ1) is 58.7. The van der Waals surface area contributed by atoms with Crippen molar-refractivity contribution in [2.45, 2.75) is 168 Å². The Hall–Kier alpha value is -2.27. The lowest BCUT2D eigenvalue weighted by Gasteiger charge is -2.38. The summed E-state index contributed by atoms with van der Waals surface area (Å²) in [7, 11) is 5.96. The lowest BCUT2D eigenvalue weighted by atomic mass is 9.67. The highest BCUT2D eigenvalue weighted by molar-refractivity contribution is 8.00. The van der Waals surface area contributed by atoms with Crippen LogP contribution in [0.5, 0.6) is 0 Å². The zero-order valence-corrected chi connectivity index (χ0v) is 43.9. The molecular formula is C45H84B2N4O10S2. The fraction of sp³-hybridized carbons (Fsp3) is 0.867. The summed E-state index contributed by atoms with van der Waals surface area (Å²) in [4.78, 5) is 52.8. The zero-order valence-electron chi connectivity index (χ0n) is 42.2. The summed E-state index contributed by atoms with van der Waals surface area (Å²) >= 11 is 3.50. The number of carbonyl (C=O) groups is 4. The first-order valence-corrected chi connectivity index (χ1v) is 24.6. The smallest absolute Gasteiger partial charge is 0.309 e.